The van der Waals surface area contributed by atoms with Crippen molar-refractivity contribution in [2.24, 2.45) is 23.2 Å². The second kappa shape index (κ2) is 14.7. The smallest absolute Gasteiger partial charge is 0.341 e. The Bertz CT molecular complexity index is 1630. The van der Waals surface area contributed by atoms with E-state index in [0.29, 0.717) is 12.8 Å². The van der Waals surface area contributed by atoms with E-state index in [1.165, 1.54) is 32.4 Å². The Hall–Kier alpha value is -4.23. The van der Waals surface area contributed by atoms with E-state index >= 15 is 0 Å². The van der Waals surface area contributed by atoms with Crippen molar-refractivity contribution in [1.29, 1.82) is 0 Å². The van der Waals surface area contributed by atoms with E-state index < -0.39 is 101 Å². The van der Waals surface area contributed by atoms with Gasteiger partial charge in [-0.25, -0.2) is 9.59 Å². The second-order valence-electron chi connectivity index (χ2n) is 15.1. The maximum atomic E-state index is 14.0. The van der Waals surface area contributed by atoms with Gasteiger partial charge in [-0.3, -0.25) is 14.4 Å². The second-order valence-corrected chi connectivity index (χ2v) is 15.1. The quantitative estimate of drug-likeness (QED) is 0.223. The van der Waals surface area contributed by atoms with Crippen LogP contribution >= 0.6 is 0 Å². The van der Waals surface area contributed by atoms with Gasteiger partial charge in [-0.2, -0.15) is 0 Å². The summed E-state index contributed by atoms with van der Waals surface area (Å²) >= 11 is 0. The fourth-order valence-corrected chi connectivity index (χ4v) is 8.27. The molecule has 284 valence electrons. The van der Waals surface area contributed by atoms with Gasteiger partial charge in [0.05, 0.1) is 46.3 Å². The summed E-state index contributed by atoms with van der Waals surface area (Å²) in [5, 5.41) is 12.7. The third-order valence-corrected chi connectivity index (χ3v) is 11.4. The highest BCUT2D eigenvalue weighted by Gasteiger charge is 2.87. The summed E-state index contributed by atoms with van der Waals surface area (Å²) in [5.74, 6) is -5.89. The van der Waals surface area contributed by atoms with Crippen LogP contribution in [0, 0.1) is 23.2 Å². The highest BCUT2D eigenvalue weighted by molar-refractivity contribution is 5.90. The number of carbonyl (C=O) groups is 5. The SMILES string of the molecule is CCC(C)C(=O)O[C@H]1CC[C@](C)(O)[C@]23OC(C)(C)[C@H]([C@H](OC(=O)c4ccccc4)[C@H](OC(=O)c4ccoc4)[C@]12COC(C)=O)[C@H]3OC(=O)C(C)CC. The Labute approximate surface area is 303 Å². The summed E-state index contributed by atoms with van der Waals surface area (Å²) in [6.07, 6.45) is -2.49. The van der Waals surface area contributed by atoms with E-state index in [-0.39, 0.29) is 24.0 Å². The van der Waals surface area contributed by atoms with Crippen molar-refractivity contribution < 1.29 is 61.9 Å². The third-order valence-electron chi connectivity index (χ3n) is 11.4. The normalized spacial score (nSPS) is 32.8. The van der Waals surface area contributed by atoms with E-state index in [0.717, 1.165) is 0 Å². The Morgan fingerprint density at radius 1 is 0.846 bits per heavy atom. The van der Waals surface area contributed by atoms with Crippen LogP contribution < -0.4 is 0 Å². The monoisotopic (exact) mass is 726 g/mol. The van der Waals surface area contributed by atoms with Crippen LogP contribution in [0.4, 0.5) is 0 Å². The van der Waals surface area contributed by atoms with Crippen molar-refractivity contribution in [1.82, 2.24) is 0 Å². The zero-order valence-electron chi connectivity index (χ0n) is 31.0. The molecular formula is C39H50O13. The molecule has 0 radical (unpaired) electrons. The first-order valence-corrected chi connectivity index (χ1v) is 17.9. The molecule has 2 bridgehead atoms. The summed E-state index contributed by atoms with van der Waals surface area (Å²) < 4.78 is 43.5. The summed E-state index contributed by atoms with van der Waals surface area (Å²) in [7, 11) is 0. The predicted molar refractivity (Wildman–Crippen MR) is 183 cm³/mol. The molecule has 1 spiro atoms. The lowest BCUT2D eigenvalue weighted by Crippen LogP contribution is -2.83. The maximum Gasteiger partial charge on any atom is 0.341 e. The number of aliphatic hydroxyl groups is 1. The van der Waals surface area contributed by atoms with Gasteiger partial charge >= 0.3 is 29.8 Å². The molecule has 13 nitrogen and oxygen atoms in total. The van der Waals surface area contributed by atoms with Crippen LogP contribution in [0.15, 0.2) is 53.3 Å². The highest BCUT2D eigenvalue weighted by Crippen LogP contribution is 2.69. The number of fused-ring (bicyclic) bond motifs is 1. The summed E-state index contributed by atoms with van der Waals surface area (Å²) in [6.45, 7) is 12.5. The standard InChI is InChI=1S/C39H50O13/c1-9-22(3)32(41)48-27-16-18-37(8,45)39-30(50-33(42)23(4)10-2)28(36(6,7)52-39)29(49-34(43)25-14-12-11-13-15-25)31(38(27,39)21-47-24(5)40)51-35(44)26-17-19-46-20-26/h11-15,17,19-20,22-23,27-31,45H,9-10,16,18,21H2,1-8H3/t22?,23?,27-,28+,29-,30+,31-,37-,38-,39-/m0/s1. The minimum absolute atomic E-state index is 0.0124. The summed E-state index contributed by atoms with van der Waals surface area (Å²) in [5.41, 5.74) is -7.18. The van der Waals surface area contributed by atoms with Crippen LogP contribution in [0.1, 0.15) is 102 Å². The van der Waals surface area contributed by atoms with E-state index in [4.69, 9.17) is 32.8 Å². The van der Waals surface area contributed by atoms with Gasteiger partial charge in [0.15, 0.2) is 11.7 Å². The van der Waals surface area contributed by atoms with E-state index in [9.17, 15) is 29.1 Å². The van der Waals surface area contributed by atoms with Crippen molar-refractivity contribution >= 4 is 29.8 Å². The molecule has 2 saturated carbocycles. The first-order valence-electron chi connectivity index (χ1n) is 17.9. The lowest BCUT2D eigenvalue weighted by Gasteiger charge is -2.65. The number of furan rings is 1. The van der Waals surface area contributed by atoms with Crippen LogP contribution in [0.25, 0.3) is 0 Å². The summed E-state index contributed by atoms with van der Waals surface area (Å²) in [6, 6.07) is 9.53. The molecule has 3 fully saturated rings. The fourth-order valence-electron chi connectivity index (χ4n) is 8.27. The molecule has 5 rings (SSSR count). The molecule has 2 heterocycles. The van der Waals surface area contributed by atoms with Gasteiger partial charge in [0.2, 0.25) is 0 Å². The molecule has 3 aliphatic rings. The average molecular weight is 727 g/mol. The largest absolute Gasteiger partial charge is 0.472 e. The molecule has 2 aliphatic carbocycles. The van der Waals surface area contributed by atoms with Crippen LogP contribution in [-0.4, -0.2) is 82.8 Å². The molecular weight excluding hydrogens is 676 g/mol. The minimum Gasteiger partial charge on any atom is -0.472 e. The molecule has 0 amide bonds. The Morgan fingerprint density at radius 2 is 1.46 bits per heavy atom. The van der Waals surface area contributed by atoms with Gasteiger partial charge < -0.3 is 37.9 Å². The number of rotatable bonds is 12. The number of ether oxygens (including phenoxy) is 6. The number of hydrogen-bond acceptors (Lipinski definition) is 13. The molecule has 2 unspecified atom stereocenters. The lowest BCUT2D eigenvalue weighted by molar-refractivity contribution is -0.349. The van der Waals surface area contributed by atoms with Crippen LogP contribution in [0.5, 0.6) is 0 Å². The van der Waals surface area contributed by atoms with Crippen molar-refractivity contribution in [2.75, 3.05) is 6.61 Å². The van der Waals surface area contributed by atoms with Gasteiger partial charge in [-0.1, -0.05) is 45.9 Å². The van der Waals surface area contributed by atoms with Crippen molar-refractivity contribution in [3.05, 3.63) is 60.1 Å². The Morgan fingerprint density at radius 3 is 2.04 bits per heavy atom. The number of hydrogen-bond donors (Lipinski definition) is 1. The van der Waals surface area contributed by atoms with E-state index in [1.54, 1.807) is 58.0 Å². The van der Waals surface area contributed by atoms with Gasteiger partial charge in [-0.15, -0.1) is 0 Å². The lowest BCUT2D eigenvalue weighted by atomic mass is 9.46. The van der Waals surface area contributed by atoms with Gasteiger partial charge in [0.1, 0.15) is 36.6 Å². The summed E-state index contributed by atoms with van der Waals surface area (Å²) in [4.78, 5) is 68.4. The molecule has 1 aromatic heterocycles. The maximum absolute atomic E-state index is 14.0. The molecule has 1 aromatic carbocycles. The van der Waals surface area contributed by atoms with Crippen LogP contribution in [-0.2, 0) is 42.8 Å². The zero-order chi connectivity index (χ0) is 38.2. The van der Waals surface area contributed by atoms with E-state index in [2.05, 4.69) is 0 Å². The molecule has 13 heteroatoms. The third kappa shape index (κ3) is 6.50. The fraction of sp³-hybridized carbons (Fsp3) is 0.615. The molecule has 1 saturated heterocycles. The molecule has 10 atom stereocenters. The minimum atomic E-state index is -2.07. The Balaban J connectivity index is 1.86. The van der Waals surface area contributed by atoms with E-state index in [1.807, 2.05) is 13.8 Å². The van der Waals surface area contributed by atoms with Crippen LogP contribution in [0.3, 0.4) is 0 Å². The van der Waals surface area contributed by atoms with Crippen molar-refractivity contribution in [3.63, 3.8) is 0 Å². The van der Waals surface area contributed by atoms with Crippen molar-refractivity contribution in [2.45, 2.75) is 122 Å². The average Bonchev–Trinajstić information content (AvgIpc) is 3.71. The molecule has 52 heavy (non-hydrogen) atoms. The number of carbonyl (C=O) groups excluding carboxylic acids is 5. The topological polar surface area (TPSA) is 174 Å². The highest BCUT2D eigenvalue weighted by atomic mass is 16.6. The van der Waals surface area contributed by atoms with Gasteiger partial charge in [-0.05, 0) is 64.7 Å². The zero-order valence-corrected chi connectivity index (χ0v) is 31.0. The molecule has 1 N–H and O–H groups in total. The van der Waals surface area contributed by atoms with Gasteiger partial charge in [0, 0.05) is 6.92 Å². The number of esters is 5. The first-order chi connectivity index (χ1) is 24.5. The number of benzene rings is 1. The molecule has 2 aromatic rings. The predicted octanol–water partition coefficient (Wildman–Crippen LogP) is 5.22. The van der Waals surface area contributed by atoms with Crippen LogP contribution in [0.2, 0.25) is 0 Å². The Kier molecular flexibility index (Phi) is 11.0. The van der Waals surface area contributed by atoms with Crippen molar-refractivity contribution in [3.8, 4) is 0 Å². The van der Waals surface area contributed by atoms with Gasteiger partial charge in [0.25, 0.3) is 0 Å². The molecule has 1 aliphatic heterocycles. The first kappa shape index (κ1) is 39.0.